The molecule has 1 rings (SSSR count). The molecule has 1 atom stereocenters. The lowest BCUT2D eigenvalue weighted by atomic mass is 10.1. The summed E-state index contributed by atoms with van der Waals surface area (Å²) in [6, 6.07) is 8.64. The van der Waals surface area contributed by atoms with E-state index in [4.69, 9.17) is 4.74 Å². The van der Waals surface area contributed by atoms with E-state index in [1.807, 2.05) is 23.9 Å². The molecule has 17 heavy (non-hydrogen) atoms. The topological polar surface area (TPSA) is 21.3 Å². The van der Waals surface area contributed by atoms with E-state index >= 15 is 0 Å². The average Bonchev–Trinajstić information content (AvgIpc) is 2.38. The zero-order valence-corrected chi connectivity index (χ0v) is 11.8. The molecule has 1 N–H and O–H groups in total. The summed E-state index contributed by atoms with van der Waals surface area (Å²) >= 11 is 2.00. The highest BCUT2D eigenvalue weighted by Crippen LogP contribution is 2.18. The minimum atomic E-state index is 0.386. The molecule has 2 nitrogen and oxygen atoms in total. The second-order valence-corrected chi connectivity index (χ2v) is 5.40. The van der Waals surface area contributed by atoms with Crippen molar-refractivity contribution in [3.63, 3.8) is 0 Å². The summed E-state index contributed by atoms with van der Waals surface area (Å²) in [4.78, 5) is 0. The molecule has 96 valence electrons. The summed E-state index contributed by atoms with van der Waals surface area (Å²) in [5.74, 6) is 3.39. The Morgan fingerprint density at radius 2 is 2.24 bits per heavy atom. The molecule has 0 aliphatic rings. The Labute approximate surface area is 109 Å². The molecule has 0 bridgehead atoms. The number of ether oxygens (including phenoxy) is 1. The molecule has 1 aromatic carbocycles. The summed E-state index contributed by atoms with van der Waals surface area (Å²) in [5, 5.41) is 3.54. The van der Waals surface area contributed by atoms with Crippen LogP contribution in [0, 0.1) is 0 Å². The molecule has 0 heterocycles. The monoisotopic (exact) mass is 253 g/mol. The van der Waals surface area contributed by atoms with E-state index in [-0.39, 0.29) is 0 Å². The van der Waals surface area contributed by atoms with E-state index in [2.05, 4.69) is 31.3 Å². The van der Waals surface area contributed by atoms with E-state index in [9.17, 15) is 0 Å². The third-order valence-electron chi connectivity index (χ3n) is 2.71. The van der Waals surface area contributed by atoms with Gasteiger partial charge in [-0.3, -0.25) is 0 Å². The van der Waals surface area contributed by atoms with Crippen molar-refractivity contribution in [3.05, 3.63) is 29.8 Å². The molecule has 0 saturated heterocycles. The van der Waals surface area contributed by atoms with Crippen LogP contribution < -0.4 is 10.1 Å². The molecule has 3 heteroatoms. The smallest absolute Gasteiger partial charge is 0.119 e. The molecule has 0 amide bonds. The van der Waals surface area contributed by atoms with Gasteiger partial charge >= 0.3 is 0 Å². The van der Waals surface area contributed by atoms with Crippen molar-refractivity contribution in [2.45, 2.75) is 26.3 Å². The second-order valence-electron chi connectivity index (χ2n) is 4.00. The van der Waals surface area contributed by atoms with E-state index in [0.717, 1.165) is 12.3 Å². The van der Waals surface area contributed by atoms with Crippen molar-refractivity contribution in [3.8, 4) is 5.75 Å². The predicted molar refractivity (Wildman–Crippen MR) is 77.0 cm³/mol. The van der Waals surface area contributed by atoms with Crippen LogP contribution in [0.15, 0.2) is 24.3 Å². The van der Waals surface area contributed by atoms with E-state index in [0.29, 0.717) is 6.04 Å². The third-order valence-corrected chi connectivity index (χ3v) is 3.70. The van der Waals surface area contributed by atoms with Crippen molar-refractivity contribution in [2.24, 2.45) is 0 Å². The lowest BCUT2D eigenvalue weighted by molar-refractivity contribution is 0.413. The summed E-state index contributed by atoms with van der Waals surface area (Å²) in [5.41, 5.74) is 1.28. The van der Waals surface area contributed by atoms with Crippen LogP contribution in [0.25, 0.3) is 0 Å². The first kappa shape index (κ1) is 14.4. The summed E-state index contributed by atoms with van der Waals surface area (Å²) < 4.78 is 5.23. The lowest BCUT2D eigenvalue weighted by Crippen LogP contribution is -2.20. The number of benzene rings is 1. The number of nitrogens with one attached hydrogen (secondary N) is 1. The SMILES string of the molecule is CCSCCCN[C@H](C)c1cccc(OC)c1. The van der Waals surface area contributed by atoms with Gasteiger partial charge in [-0.1, -0.05) is 19.1 Å². The molecule has 0 radical (unpaired) electrons. The second kappa shape index (κ2) is 8.43. The van der Waals surface area contributed by atoms with Gasteiger partial charge in [-0.05, 0) is 49.1 Å². The van der Waals surface area contributed by atoms with Gasteiger partial charge < -0.3 is 10.1 Å². The van der Waals surface area contributed by atoms with Crippen molar-refractivity contribution in [1.29, 1.82) is 0 Å². The number of rotatable bonds is 8. The summed E-state index contributed by atoms with van der Waals surface area (Å²) in [7, 11) is 1.71. The molecular weight excluding hydrogens is 230 g/mol. The average molecular weight is 253 g/mol. The third kappa shape index (κ3) is 5.46. The number of hydrogen-bond acceptors (Lipinski definition) is 3. The van der Waals surface area contributed by atoms with E-state index in [1.54, 1.807) is 7.11 Å². The van der Waals surface area contributed by atoms with Gasteiger partial charge in [0.25, 0.3) is 0 Å². The highest BCUT2D eigenvalue weighted by atomic mass is 32.2. The van der Waals surface area contributed by atoms with Gasteiger partial charge in [0.1, 0.15) is 5.75 Å². The minimum absolute atomic E-state index is 0.386. The number of hydrogen-bond donors (Lipinski definition) is 1. The van der Waals surface area contributed by atoms with Gasteiger partial charge in [0.2, 0.25) is 0 Å². The first-order valence-corrected chi connectivity index (χ1v) is 7.38. The van der Waals surface area contributed by atoms with Gasteiger partial charge in [-0.2, -0.15) is 11.8 Å². The largest absolute Gasteiger partial charge is 0.497 e. The highest BCUT2D eigenvalue weighted by molar-refractivity contribution is 7.99. The van der Waals surface area contributed by atoms with Crippen LogP contribution in [-0.2, 0) is 0 Å². The van der Waals surface area contributed by atoms with Gasteiger partial charge in [-0.25, -0.2) is 0 Å². The molecule has 0 aliphatic heterocycles. The fourth-order valence-corrected chi connectivity index (χ4v) is 2.30. The zero-order chi connectivity index (χ0) is 12.5. The number of methoxy groups -OCH3 is 1. The molecule has 0 saturated carbocycles. The van der Waals surface area contributed by atoms with Crippen LogP contribution in [0.1, 0.15) is 31.9 Å². The quantitative estimate of drug-likeness (QED) is 0.717. The number of thioether (sulfide) groups is 1. The Morgan fingerprint density at radius 1 is 1.41 bits per heavy atom. The van der Waals surface area contributed by atoms with Gasteiger partial charge in [0.15, 0.2) is 0 Å². The Hall–Kier alpha value is -0.670. The fourth-order valence-electron chi connectivity index (χ4n) is 1.67. The first-order chi connectivity index (χ1) is 8.27. The Morgan fingerprint density at radius 3 is 2.94 bits per heavy atom. The van der Waals surface area contributed by atoms with Crippen LogP contribution in [0.4, 0.5) is 0 Å². The Bertz CT molecular complexity index is 317. The Balaban J connectivity index is 2.33. The van der Waals surface area contributed by atoms with Crippen LogP contribution >= 0.6 is 11.8 Å². The van der Waals surface area contributed by atoms with Crippen LogP contribution in [0.2, 0.25) is 0 Å². The lowest BCUT2D eigenvalue weighted by Gasteiger charge is -2.14. The van der Waals surface area contributed by atoms with Crippen LogP contribution in [0.3, 0.4) is 0 Å². The fraction of sp³-hybridized carbons (Fsp3) is 0.571. The zero-order valence-electron chi connectivity index (χ0n) is 11.0. The molecule has 0 unspecified atom stereocenters. The summed E-state index contributed by atoms with van der Waals surface area (Å²) in [6.45, 7) is 5.48. The van der Waals surface area contributed by atoms with Crippen molar-refractivity contribution >= 4 is 11.8 Å². The molecule has 0 fully saturated rings. The van der Waals surface area contributed by atoms with E-state index in [1.165, 1.54) is 23.5 Å². The van der Waals surface area contributed by atoms with Crippen LogP contribution in [-0.4, -0.2) is 25.2 Å². The van der Waals surface area contributed by atoms with E-state index < -0.39 is 0 Å². The highest BCUT2D eigenvalue weighted by Gasteiger charge is 2.04. The Kier molecular flexibility index (Phi) is 7.13. The van der Waals surface area contributed by atoms with Crippen molar-refractivity contribution in [1.82, 2.24) is 5.32 Å². The van der Waals surface area contributed by atoms with Crippen LogP contribution in [0.5, 0.6) is 5.75 Å². The molecule has 1 aromatic rings. The predicted octanol–water partition coefficient (Wildman–Crippen LogP) is 3.49. The maximum atomic E-state index is 5.23. The maximum Gasteiger partial charge on any atom is 0.119 e. The standard InChI is InChI=1S/C14H23NOS/c1-4-17-10-6-9-15-12(2)13-7-5-8-14(11-13)16-3/h5,7-8,11-12,15H,4,6,9-10H2,1-3H3/t12-/m1/s1. The maximum absolute atomic E-state index is 5.23. The van der Waals surface area contributed by atoms with Crippen molar-refractivity contribution < 1.29 is 4.74 Å². The van der Waals surface area contributed by atoms with Gasteiger partial charge in [-0.15, -0.1) is 0 Å². The molecule has 0 aromatic heterocycles. The molecule has 0 spiro atoms. The minimum Gasteiger partial charge on any atom is -0.497 e. The van der Waals surface area contributed by atoms with Crippen molar-refractivity contribution in [2.75, 3.05) is 25.2 Å². The van der Waals surface area contributed by atoms with Gasteiger partial charge in [0, 0.05) is 6.04 Å². The summed E-state index contributed by atoms with van der Waals surface area (Å²) in [6.07, 6.45) is 1.23. The molecule has 0 aliphatic carbocycles. The normalized spacial score (nSPS) is 12.4. The molecular formula is C14H23NOS. The van der Waals surface area contributed by atoms with Gasteiger partial charge in [0.05, 0.1) is 7.11 Å². The first-order valence-electron chi connectivity index (χ1n) is 6.23.